The number of anilines is 1. The molecule has 0 spiro atoms. The molecule has 5 heteroatoms. The van der Waals surface area contributed by atoms with Gasteiger partial charge in [0.2, 0.25) is 5.91 Å². The number of hydrogen-bond acceptors (Lipinski definition) is 4. The highest BCUT2D eigenvalue weighted by molar-refractivity contribution is 5.90. The van der Waals surface area contributed by atoms with Crippen molar-refractivity contribution >= 4 is 11.7 Å². The molecule has 2 aromatic carbocycles. The van der Waals surface area contributed by atoms with Crippen molar-refractivity contribution in [3.63, 3.8) is 0 Å². The molecule has 1 aromatic heterocycles. The van der Waals surface area contributed by atoms with Crippen LogP contribution in [0.15, 0.2) is 60.7 Å². The van der Waals surface area contributed by atoms with Crippen molar-refractivity contribution < 1.29 is 4.79 Å². The Kier molecular flexibility index (Phi) is 4.46. The van der Waals surface area contributed by atoms with Gasteiger partial charge in [0.1, 0.15) is 5.69 Å². The Hall–Kier alpha value is -3.05. The second-order valence-corrected chi connectivity index (χ2v) is 7.13. The molecule has 0 radical (unpaired) electrons. The lowest BCUT2D eigenvalue weighted by Crippen LogP contribution is -2.43. The van der Waals surface area contributed by atoms with E-state index in [1.54, 1.807) is 0 Å². The molecule has 27 heavy (non-hydrogen) atoms. The molecule has 0 unspecified atom stereocenters. The van der Waals surface area contributed by atoms with E-state index in [9.17, 15) is 4.79 Å². The molecular formula is C22H22N4O. The monoisotopic (exact) mass is 358 g/mol. The molecule has 0 atom stereocenters. The van der Waals surface area contributed by atoms with Gasteiger partial charge in [-0.3, -0.25) is 4.79 Å². The van der Waals surface area contributed by atoms with Crippen LogP contribution in [-0.2, 0) is 10.3 Å². The molecular weight excluding hydrogens is 336 g/mol. The van der Waals surface area contributed by atoms with Crippen LogP contribution in [0.25, 0.3) is 22.4 Å². The molecule has 0 aliphatic heterocycles. The Morgan fingerprint density at radius 3 is 2.30 bits per heavy atom. The molecule has 3 aromatic rings. The summed E-state index contributed by atoms with van der Waals surface area (Å²) < 4.78 is 0. The molecule has 1 heterocycles. The summed E-state index contributed by atoms with van der Waals surface area (Å²) in [5.41, 5.74) is 11.1. The fraction of sp³-hybridized carbons (Fsp3) is 0.227. The van der Waals surface area contributed by atoms with Crippen molar-refractivity contribution in [1.82, 2.24) is 10.2 Å². The van der Waals surface area contributed by atoms with Crippen molar-refractivity contribution in [1.29, 1.82) is 0 Å². The lowest BCUT2D eigenvalue weighted by atomic mass is 9.72. The number of aromatic nitrogens is 2. The predicted octanol–water partition coefficient (Wildman–Crippen LogP) is 4.11. The fourth-order valence-electron chi connectivity index (χ4n) is 3.49. The van der Waals surface area contributed by atoms with Gasteiger partial charge in [-0.15, -0.1) is 10.2 Å². The zero-order valence-electron chi connectivity index (χ0n) is 15.3. The molecule has 1 aliphatic carbocycles. The third-order valence-electron chi connectivity index (χ3n) is 5.16. The Balaban J connectivity index is 1.76. The van der Waals surface area contributed by atoms with Gasteiger partial charge in [-0.2, -0.15) is 0 Å². The summed E-state index contributed by atoms with van der Waals surface area (Å²) in [4.78, 5) is 11.4. The minimum atomic E-state index is -0.179. The molecule has 1 amide bonds. The van der Waals surface area contributed by atoms with Gasteiger partial charge in [-0.1, -0.05) is 54.6 Å². The van der Waals surface area contributed by atoms with Crippen LogP contribution in [0.4, 0.5) is 5.82 Å². The zero-order valence-corrected chi connectivity index (χ0v) is 15.3. The number of nitrogens with two attached hydrogens (primary N) is 1. The summed E-state index contributed by atoms with van der Waals surface area (Å²) >= 11 is 0. The minimum absolute atomic E-state index is 0.172. The third kappa shape index (κ3) is 3.46. The topological polar surface area (TPSA) is 80.9 Å². The SMILES string of the molecule is CC(=O)Nc1cc(-c2ccccc2)c(-c2ccc(C3(N)CCC3)cc2)nn1. The number of carbonyl (C=O) groups excluding carboxylic acids is 1. The summed E-state index contributed by atoms with van der Waals surface area (Å²) in [6, 6.07) is 20.1. The smallest absolute Gasteiger partial charge is 0.222 e. The van der Waals surface area contributed by atoms with E-state index in [0.717, 1.165) is 35.2 Å². The van der Waals surface area contributed by atoms with Gasteiger partial charge in [0, 0.05) is 23.6 Å². The van der Waals surface area contributed by atoms with Gasteiger partial charge < -0.3 is 11.1 Å². The van der Waals surface area contributed by atoms with E-state index in [4.69, 9.17) is 5.73 Å². The van der Waals surface area contributed by atoms with Gasteiger partial charge in [-0.05, 0) is 36.5 Å². The third-order valence-corrected chi connectivity index (χ3v) is 5.16. The maximum atomic E-state index is 11.4. The average Bonchev–Trinajstić information content (AvgIpc) is 2.66. The molecule has 3 N–H and O–H groups in total. The highest BCUT2D eigenvalue weighted by Crippen LogP contribution is 2.39. The van der Waals surface area contributed by atoms with Crippen LogP contribution < -0.4 is 11.1 Å². The lowest BCUT2D eigenvalue weighted by Gasteiger charge is -2.38. The fourth-order valence-corrected chi connectivity index (χ4v) is 3.49. The van der Waals surface area contributed by atoms with Crippen LogP contribution in [-0.4, -0.2) is 16.1 Å². The van der Waals surface area contributed by atoms with Gasteiger partial charge in [0.05, 0.1) is 0 Å². The normalized spacial score (nSPS) is 15.0. The van der Waals surface area contributed by atoms with Crippen LogP contribution in [0.1, 0.15) is 31.7 Å². The number of carbonyl (C=O) groups is 1. The van der Waals surface area contributed by atoms with Gasteiger partial charge in [0.25, 0.3) is 0 Å². The van der Waals surface area contributed by atoms with Crippen LogP contribution in [0.2, 0.25) is 0 Å². The standard InChI is InChI=1S/C22H22N4O/c1-15(27)24-20-14-19(16-6-3-2-4-7-16)21(26-25-20)17-8-10-18(11-9-17)22(23)12-5-13-22/h2-4,6-11,14H,5,12-13,23H2,1H3,(H,24,25,27). The largest absolute Gasteiger partial charge is 0.321 e. The number of amides is 1. The van der Waals surface area contributed by atoms with Crippen LogP contribution in [0.5, 0.6) is 0 Å². The van der Waals surface area contributed by atoms with E-state index >= 15 is 0 Å². The first-order valence-corrected chi connectivity index (χ1v) is 9.16. The molecule has 0 saturated heterocycles. The van der Waals surface area contributed by atoms with Gasteiger partial charge in [0.15, 0.2) is 5.82 Å². The molecule has 5 nitrogen and oxygen atoms in total. The maximum absolute atomic E-state index is 11.4. The minimum Gasteiger partial charge on any atom is -0.321 e. The van der Waals surface area contributed by atoms with E-state index < -0.39 is 0 Å². The first-order valence-electron chi connectivity index (χ1n) is 9.16. The highest BCUT2D eigenvalue weighted by atomic mass is 16.1. The number of hydrogen-bond donors (Lipinski definition) is 2. The Morgan fingerprint density at radius 1 is 1.00 bits per heavy atom. The first-order chi connectivity index (χ1) is 13.0. The van der Waals surface area contributed by atoms with Crippen molar-refractivity contribution in [2.75, 3.05) is 5.32 Å². The molecule has 1 aliphatic rings. The van der Waals surface area contributed by atoms with E-state index in [1.807, 2.05) is 36.4 Å². The van der Waals surface area contributed by atoms with E-state index in [2.05, 4.69) is 39.8 Å². The predicted molar refractivity (Wildman–Crippen MR) is 107 cm³/mol. The van der Waals surface area contributed by atoms with E-state index in [0.29, 0.717) is 5.82 Å². The van der Waals surface area contributed by atoms with Crippen molar-refractivity contribution in [3.05, 3.63) is 66.2 Å². The van der Waals surface area contributed by atoms with Crippen molar-refractivity contribution in [2.24, 2.45) is 5.73 Å². The second kappa shape index (κ2) is 6.93. The van der Waals surface area contributed by atoms with Crippen molar-refractivity contribution in [3.8, 4) is 22.4 Å². The van der Waals surface area contributed by atoms with Crippen molar-refractivity contribution in [2.45, 2.75) is 31.7 Å². The van der Waals surface area contributed by atoms with Gasteiger partial charge >= 0.3 is 0 Å². The summed E-state index contributed by atoms with van der Waals surface area (Å²) in [5, 5.41) is 11.3. The zero-order chi connectivity index (χ0) is 18.9. The Bertz CT molecular complexity index is 963. The second-order valence-electron chi connectivity index (χ2n) is 7.13. The van der Waals surface area contributed by atoms with Crippen LogP contribution in [0, 0.1) is 0 Å². The lowest BCUT2D eigenvalue weighted by molar-refractivity contribution is -0.114. The van der Waals surface area contributed by atoms with Gasteiger partial charge in [-0.25, -0.2) is 0 Å². The molecule has 136 valence electrons. The van der Waals surface area contributed by atoms with Crippen LogP contribution >= 0.6 is 0 Å². The number of benzene rings is 2. The summed E-state index contributed by atoms with van der Waals surface area (Å²) in [7, 11) is 0. The van der Waals surface area contributed by atoms with E-state index in [-0.39, 0.29) is 11.4 Å². The summed E-state index contributed by atoms with van der Waals surface area (Å²) in [5.74, 6) is 0.270. The molecule has 4 rings (SSSR count). The van der Waals surface area contributed by atoms with E-state index in [1.165, 1.54) is 18.9 Å². The summed E-state index contributed by atoms with van der Waals surface area (Å²) in [6.07, 6.45) is 3.26. The highest BCUT2D eigenvalue weighted by Gasteiger charge is 2.34. The number of rotatable bonds is 4. The Morgan fingerprint density at radius 2 is 1.70 bits per heavy atom. The molecule has 1 fully saturated rings. The average molecular weight is 358 g/mol. The molecule has 0 bridgehead atoms. The summed E-state index contributed by atoms with van der Waals surface area (Å²) in [6.45, 7) is 1.46. The number of nitrogens with one attached hydrogen (secondary N) is 1. The molecule has 1 saturated carbocycles. The van der Waals surface area contributed by atoms with Crippen LogP contribution in [0.3, 0.4) is 0 Å². The maximum Gasteiger partial charge on any atom is 0.222 e. The Labute approximate surface area is 158 Å². The first kappa shape index (κ1) is 17.4. The quantitative estimate of drug-likeness (QED) is 0.735. The number of nitrogens with zero attached hydrogens (tertiary/aromatic N) is 2.